The highest BCUT2D eigenvalue weighted by molar-refractivity contribution is 6.09. The molecule has 0 aromatic heterocycles. The van der Waals surface area contributed by atoms with E-state index in [1.807, 2.05) is 0 Å². The van der Waals surface area contributed by atoms with Gasteiger partial charge in [-0.1, -0.05) is 0 Å². The largest absolute Gasteiger partial charge is 0.508 e. The lowest BCUT2D eigenvalue weighted by Crippen LogP contribution is -2.62. The van der Waals surface area contributed by atoms with Gasteiger partial charge in [-0.15, -0.1) is 0 Å². The van der Waals surface area contributed by atoms with Gasteiger partial charge in [-0.3, -0.25) is 0 Å². The van der Waals surface area contributed by atoms with E-state index in [9.17, 15) is 141 Å². The van der Waals surface area contributed by atoms with E-state index in [1.165, 1.54) is 0 Å². The Kier molecular flexibility index (Phi) is 18.4. The van der Waals surface area contributed by atoms with E-state index in [4.69, 9.17) is 56.8 Å². The Morgan fingerprint density at radius 2 is 0.661 bits per heavy atom. The lowest BCUT2D eigenvalue weighted by atomic mass is 9.91. The van der Waals surface area contributed by atoms with E-state index in [0.29, 0.717) is 48.5 Å². The third kappa shape index (κ3) is 12.4. The Bertz CT molecular complexity index is 5420. The van der Waals surface area contributed by atoms with Crippen LogP contribution in [0.2, 0.25) is 0 Å². The standard InChI is InChI=1S/C69H50O43/c1-14-24(70)8-22-52(38(14)77)103-31-10-19-35(47(86)45(31)84)17-6-21(40(79)50(89)39(17)78)65(96)108-55-34(13-102-63(19)94)106-69(100)59(57(55)110-61(92)16-4-27(73)42(81)28(74)5-16)112-67(98)23-9-30(76)44(83)51(90)53(23)104-32-11-20-37(49(88)46(32)85)36-18(7-29(75)43(82)48(36)87)62(93)101-12-33-54(107-64(20)95)56(58(68(99)105-33)111-66(22)97)109-60(91)15-2-25(71)41(80)26(72)3-15/h2-11,33-34,54-59,68-90,99-100H,12-13H2,1H3/t33-,34-,54-,55-,56+,57+,58-,59-,68-,69-/m1/s1. The summed E-state index contributed by atoms with van der Waals surface area (Å²) in [7, 11) is 0. The van der Waals surface area contributed by atoms with Gasteiger partial charge in [0.1, 0.15) is 47.9 Å². The smallest absolute Gasteiger partial charge is 0.342 e. The first-order valence-corrected chi connectivity index (χ1v) is 31.5. The van der Waals surface area contributed by atoms with Crippen LogP contribution in [0.4, 0.5) is 0 Å². The van der Waals surface area contributed by atoms with Gasteiger partial charge in [0, 0.05) is 46.0 Å². The van der Waals surface area contributed by atoms with Crippen molar-refractivity contribution in [1.82, 2.24) is 0 Å². The summed E-state index contributed by atoms with van der Waals surface area (Å²) in [6.45, 7) is -1.98. The molecule has 112 heavy (non-hydrogen) atoms. The molecule has 0 spiro atoms. The van der Waals surface area contributed by atoms with Crippen molar-refractivity contribution in [3.05, 3.63) is 111 Å². The molecule has 6 aliphatic heterocycles. The highest BCUT2D eigenvalue weighted by Crippen LogP contribution is 2.58. The average molecular weight is 1570 g/mol. The summed E-state index contributed by atoms with van der Waals surface area (Å²) in [6, 6.07) is 3.55. The number of benzene rings is 8. The van der Waals surface area contributed by atoms with Crippen LogP contribution in [-0.4, -0.2) is 240 Å². The molecule has 6 aliphatic rings. The summed E-state index contributed by atoms with van der Waals surface area (Å²) in [6.07, 6.45) is -27.3. The lowest BCUT2D eigenvalue weighted by molar-refractivity contribution is -0.284. The topological polar surface area (TPSA) is 713 Å². The van der Waals surface area contributed by atoms with Crippen molar-refractivity contribution >= 4 is 47.8 Å². The van der Waals surface area contributed by atoms with Crippen molar-refractivity contribution in [2.45, 2.75) is 68.3 Å². The van der Waals surface area contributed by atoms with Crippen LogP contribution in [0.15, 0.2) is 60.7 Å². The van der Waals surface area contributed by atoms with Crippen LogP contribution in [0.5, 0.6) is 144 Å². The fourth-order valence-corrected chi connectivity index (χ4v) is 12.3. The highest BCUT2D eigenvalue weighted by atomic mass is 16.7. The van der Waals surface area contributed by atoms with Gasteiger partial charge in [0.2, 0.25) is 34.5 Å². The van der Waals surface area contributed by atoms with Gasteiger partial charge in [0.25, 0.3) is 0 Å². The SMILES string of the molecule is Cc1c(O)cc2c(c1O)Oc1cc3c(c(O)c1O)-c1cc(c(O)c(O)c1O)C(=O)O[C@H]1[C@H](OC(=O)c4cc(O)c(O)c(O)c4)[C@@H](OC(=O)c4cc(O)c(O)c(O)c4Oc4cc5c(c(O)c4O)-c4c(cc(O)c(O)c4O)C(=O)OC[C@H]4O[C@@H](O)[C@H](OC2=O)[C@@H](OC(=O)c2cc(O)c(O)c(O)c2)[C@@H]4OC5=O)[C@H](O)O[C@@H]1COC3=O. The number of aromatic hydroxyl groups is 21. The molecular formula is C69H50O43. The van der Waals surface area contributed by atoms with Crippen molar-refractivity contribution in [3.63, 3.8) is 0 Å². The summed E-state index contributed by atoms with van der Waals surface area (Å²) in [4.78, 5) is 119. The molecule has 584 valence electrons. The number of ether oxygens (including phenoxy) is 12. The van der Waals surface area contributed by atoms with E-state index in [2.05, 4.69) is 0 Å². The minimum absolute atomic E-state index is 0.159. The van der Waals surface area contributed by atoms with Crippen LogP contribution in [0, 0.1) is 6.92 Å². The Morgan fingerprint density at radius 1 is 0.321 bits per heavy atom. The number of esters is 8. The quantitative estimate of drug-likeness (QED) is 0.0684. The number of carbonyl (C=O) groups is 8. The Balaban J connectivity index is 1.07. The summed E-state index contributed by atoms with van der Waals surface area (Å²) in [5.41, 5.74) is -15.8. The number of hydrogen-bond donors (Lipinski definition) is 23. The zero-order valence-corrected chi connectivity index (χ0v) is 55.4. The van der Waals surface area contributed by atoms with Gasteiger partial charge in [0.15, 0.2) is 153 Å². The summed E-state index contributed by atoms with van der Waals surface area (Å²) in [5, 5.41) is 259. The van der Waals surface area contributed by atoms with Crippen molar-refractivity contribution in [2.75, 3.05) is 13.2 Å². The van der Waals surface area contributed by atoms with Crippen LogP contribution in [0.3, 0.4) is 0 Å². The van der Waals surface area contributed by atoms with Crippen molar-refractivity contribution in [2.24, 2.45) is 0 Å². The number of rotatable bonds is 4. The van der Waals surface area contributed by atoms with Crippen molar-refractivity contribution in [3.8, 4) is 166 Å². The van der Waals surface area contributed by atoms with Gasteiger partial charge >= 0.3 is 47.8 Å². The second kappa shape index (κ2) is 27.5. The van der Waals surface area contributed by atoms with Crippen molar-refractivity contribution in [1.29, 1.82) is 0 Å². The second-order valence-electron chi connectivity index (χ2n) is 24.7. The monoisotopic (exact) mass is 1570 g/mol. The number of phenolic OH excluding ortho intramolecular Hbond substituents is 21. The molecule has 0 radical (unpaired) electrons. The van der Waals surface area contributed by atoms with Gasteiger partial charge in [-0.2, -0.15) is 0 Å². The number of fused-ring (bicyclic) bond motifs is 8. The molecule has 43 nitrogen and oxygen atoms in total. The maximum absolute atomic E-state index is 15.6. The van der Waals surface area contributed by atoms with Crippen LogP contribution in [-0.2, 0) is 47.4 Å². The maximum atomic E-state index is 15.6. The van der Waals surface area contributed by atoms with E-state index in [-0.39, 0.29) is 12.1 Å². The summed E-state index contributed by atoms with van der Waals surface area (Å²) < 4.78 is 68.0. The first-order valence-electron chi connectivity index (χ1n) is 31.5. The zero-order valence-electron chi connectivity index (χ0n) is 55.4. The number of hydrogen-bond acceptors (Lipinski definition) is 43. The Morgan fingerprint density at radius 3 is 1.12 bits per heavy atom. The van der Waals surface area contributed by atoms with E-state index < -0.39 is 338 Å². The molecule has 0 saturated carbocycles. The predicted molar refractivity (Wildman–Crippen MR) is 347 cm³/mol. The molecule has 6 heterocycles. The average Bonchev–Trinajstić information content (AvgIpc) is 0.991. The lowest BCUT2D eigenvalue weighted by Gasteiger charge is -2.43. The summed E-state index contributed by atoms with van der Waals surface area (Å²) in [5.74, 6) is -52.9. The molecule has 2 saturated heterocycles. The molecule has 2 fully saturated rings. The third-order valence-electron chi connectivity index (χ3n) is 18.0. The minimum Gasteiger partial charge on any atom is -0.508 e. The van der Waals surface area contributed by atoms with Gasteiger partial charge in [-0.25, -0.2) is 38.4 Å². The second-order valence-corrected chi connectivity index (χ2v) is 24.7. The number of aliphatic hydroxyl groups excluding tert-OH is 2. The number of aliphatic hydroxyl groups is 2. The molecule has 8 aromatic carbocycles. The van der Waals surface area contributed by atoms with E-state index in [0.717, 1.165) is 6.92 Å². The first kappa shape index (κ1) is 75.0. The number of phenols is 21. The Labute approximate surface area is 616 Å². The highest BCUT2D eigenvalue weighted by Gasteiger charge is 2.56. The van der Waals surface area contributed by atoms with Gasteiger partial charge in [-0.05, 0) is 49.4 Å². The third-order valence-corrected chi connectivity index (χ3v) is 18.0. The zero-order chi connectivity index (χ0) is 81.3. The molecule has 8 aromatic rings. The number of carbonyl (C=O) groups excluding carboxylic acids is 8. The fraction of sp³-hybridized carbons (Fsp3) is 0.188. The van der Waals surface area contributed by atoms with Crippen LogP contribution in [0.1, 0.15) is 88.4 Å². The van der Waals surface area contributed by atoms with Crippen LogP contribution >= 0.6 is 0 Å². The molecular weight excluding hydrogens is 1520 g/mol. The fourth-order valence-electron chi connectivity index (χ4n) is 12.3. The van der Waals surface area contributed by atoms with Gasteiger partial charge in [0.05, 0.1) is 27.8 Å². The molecule has 23 N–H and O–H groups in total. The molecule has 0 unspecified atom stereocenters. The number of cyclic esters (lactones) is 1. The molecule has 10 atom stereocenters. The molecule has 43 heteroatoms. The first-order chi connectivity index (χ1) is 52.8. The summed E-state index contributed by atoms with van der Waals surface area (Å²) >= 11 is 0. The van der Waals surface area contributed by atoms with E-state index >= 15 is 14.4 Å². The van der Waals surface area contributed by atoms with E-state index in [1.54, 1.807) is 0 Å². The van der Waals surface area contributed by atoms with Crippen LogP contribution in [0.25, 0.3) is 22.3 Å². The van der Waals surface area contributed by atoms with Gasteiger partial charge < -0.3 is 174 Å². The Hall–Kier alpha value is -15.2. The van der Waals surface area contributed by atoms with Crippen LogP contribution < -0.4 is 9.47 Å². The minimum atomic E-state index is -2.93. The predicted octanol–water partition coefficient (Wildman–Crippen LogP) is 2.77. The maximum Gasteiger partial charge on any atom is 0.342 e. The molecule has 0 aliphatic carbocycles. The molecule has 11 bridgehead atoms. The molecule has 0 amide bonds. The normalized spacial score (nSPS) is 21.5. The molecule has 14 rings (SSSR count). The van der Waals surface area contributed by atoms with Crippen molar-refractivity contribution < 1.29 is 213 Å².